The Morgan fingerprint density at radius 2 is 1.92 bits per heavy atom. The van der Waals surface area contributed by atoms with Gasteiger partial charge in [0.25, 0.3) is 0 Å². The average Bonchev–Trinajstić information content (AvgIpc) is 2.16. The van der Waals surface area contributed by atoms with E-state index in [1.165, 1.54) is 21.3 Å². The second-order valence-electron chi connectivity index (χ2n) is 2.77. The van der Waals surface area contributed by atoms with Gasteiger partial charge in [0.05, 0.1) is 12.5 Å². The Morgan fingerprint density at radius 1 is 1.23 bits per heavy atom. The molecule has 0 amide bonds. The number of cyclic esters (lactones) is 1. The standard InChI is InChI=1S/C8H14O5/c1-10-5-4-6(9)13-8(12-3)7(5)11-2/h5,7-8H,4H2,1-3H3. The summed E-state index contributed by atoms with van der Waals surface area (Å²) in [5.74, 6) is -0.327. The summed E-state index contributed by atoms with van der Waals surface area (Å²) in [5.41, 5.74) is 0. The largest absolute Gasteiger partial charge is 0.433 e. The summed E-state index contributed by atoms with van der Waals surface area (Å²) in [6.45, 7) is 0. The maximum atomic E-state index is 11.0. The fraction of sp³-hybridized carbons (Fsp3) is 0.875. The monoisotopic (exact) mass is 190 g/mol. The van der Waals surface area contributed by atoms with Crippen molar-refractivity contribution in [3.63, 3.8) is 0 Å². The quantitative estimate of drug-likeness (QED) is 0.583. The molecule has 0 bridgehead atoms. The van der Waals surface area contributed by atoms with Crippen LogP contribution in [0.5, 0.6) is 0 Å². The van der Waals surface area contributed by atoms with Crippen molar-refractivity contribution in [1.29, 1.82) is 0 Å². The molecule has 0 aromatic rings. The number of methoxy groups -OCH3 is 3. The van der Waals surface area contributed by atoms with E-state index in [1.807, 2.05) is 0 Å². The number of carbonyl (C=O) groups is 1. The van der Waals surface area contributed by atoms with E-state index >= 15 is 0 Å². The fourth-order valence-corrected chi connectivity index (χ4v) is 1.36. The summed E-state index contributed by atoms with van der Waals surface area (Å²) in [6, 6.07) is 0. The van der Waals surface area contributed by atoms with E-state index in [0.717, 1.165) is 0 Å². The molecule has 13 heavy (non-hydrogen) atoms. The molecule has 3 unspecified atom stereocenters. The zero-order chi connectivity index (χ0) is 9.84. The normalized spacial score (nSPS) is 34.4. The van der Waals surface area contributed by atoms with Gasteiger partial charge < -0.3 is 18.9 Å². The number of hydrogen-bond acceptors (Lipinski definition) is 5. The molecule has 1 fully saturated rings. The molecule has 0 N–H and O–H groups in total. The van der Waals surface area contributed by atoms with Crippen LogP contribution < -0.4 is 0 Å². The van der Waals surface area contributed by atoms with Crippen molar-refractivity contribution in [2.45, 2.75) is 24.9 Å². The predicted molar refractivity (Wildman–Crippen MR) is 43.1 cm³/mol. The molecule has 76 valence electrons. The van der Waals surface area contributed by atoms with Crippen LogP contribution in [0.1, 0.15) is 6.42 Å². The number of rotatable bonds is 3. The van der Waals surface area contributed by atoms with Crippen LogP contribution in [-0.4, -0.2) is 45.8 Å². The minimum absolute atomic E-state index is 0.203. The van der Waals surface area contributed by atoms with Gasteiger partial charge in [-0.1, -0.05) is 0 Å². The van der Waals surface area contributed by atoms with Crippen LogP contribution in [0.25, 0.3) is 0 Å². The second-order valence-corrected chi connectivity index (χ2v) is 2.77. The van der Waals surface area contributed by atoms with Crippen molar-refractivity contribution in [2.75, 3.05) is 21.3 Å². The highest BCUT2D eigenvalue weighted by molar-refractivity contribution is 5.71. The molecular weight excluding hydrogens is 176 g/mol. The van der Waals surface area contributed by atoms with Crippen molar-refractivity contribution in [3.8, 4) is 0 Å². The number of esters is 1. The maximum absolute atomic E-state index is 11.0. The molecule has 0 aliphatic carbocycles. The summed E-state index contributed by atoms with van der Waals surface area (Å²) < 4.78 is 20.1. The van der Waals surface area contributed by atoms with Gasteiger partial charge in [0.2, 0.25) is 6.29 Å². The Morgan fingerprint density at radius 3 is 2.38 bits per heavy atom. The molecular formula is C8H14O5. The van der Waals surface area contributed by atoms with Gasteiger partial charge in [-0.15, -0.1) is 0 Å². The highest BCUT2D eigenvalue weighted by Crippen LogP contribution is 2.20. The van der Waals surface area contributed by atoms with E-state index in [-0.39, 0.29) is 24.6 Å². The molecule has 1 heterocycles. The summed E-state index contributed by atoms with van der Waals surface area (Å²) >= 11 is 0. The third-order valence-corrected chi connectivity index (χ3v) is 2.06. The summed E-state index contributed by atoms with van der Waals surface area (Å²) in [6.07, 6.45) is -1.12. The van der Waals surface area contributed by atoms with Gasteiger partial charge >= 0.3 is 5.97 Å². The predicted octanol–water partition coefficient (Wildman–Crippen LogP) is -0.0642. The van der Waals surface area contributed by atoms with Crippen molar-refractivity contribution >= 4 is 5.97 Å². The Labute approximate surface area is 76.9 Å². The van der Waals surface area contributed by atoms with Crippen molar-refractivity contribution in [3.05, 3.63) is 0 Å². The second kappa shape index (κ2) is 4.55. The lowest BCUT2D eigenvalue weighted by Crippen LogP contribution is -2.49. The van der Waals surface area contributed by atoms with Crippen LogP contribution in [0.3, 0.4) is 0 Å². The van der Waals surface area contributed by atoms with Gasteiger partial charge in [0.1, 0.15) is 6.10 Å². The van der Waals surface area contributed by atoms with Crippen molar-refractivity contribution in [2.24, 2.45) is 0 Å². The van der Waals surface area contributed by atoms with E-state index in [0.29, 0.717) is 0 Å². The summed E-state index contributed by atoms with van der Waals surface area (Å²) in [5, 5.41) is 0. The molecule has 1 aliphatic rings. The first kappa shape index (κ1) is 10.4. The van der Waals surface area contributed by atoms with Crippen LogP contribution in [0.4, 0.5) is 0 Å². The molecule has 3 atom stereocenters. The SMILES string of the molecule is COC1CC(=O)OC(OC)C1OC. The van der Waals surface area contributed by atoms with Gasteiger partial charge in [-0.2, -0.15) is 0 Å². The average molecular weight is 190 g/mol. The third-order valence-electron chi connectivity index (χ3n) is 2.06. The van der Waals surface area contributed by atoms with Crippen LogP contribution >= 0.6 is 0 Å². The minimum Gasteiger partial charge on any atom is -0.433 e. The van der Waals surface area contributed by atoms with Gasteiger partial charge in [-0.05, 0) is 0 Å². The van der Waals surface area contributed by atoms with Crippen LogP contribution in [0, 0.1) is 0 Å². The fourth-order valence-electron chi connectivity index (χ4n) is 1.36. The van der Waals surface area contributed by atoms with Gasteiger partial charge in [-0.25, -0.2) is 0 Å². The van der Waals surface area contributed by atoms with Gasteiger partial charge in [0, 0.05) is 21.3 Å². The molecule has 1 saturated heterocycles. The number of ether oxygens (including phenoxy) is 4. The number of carbonyl (C=O) groups excluding carboxylic acids is 1. The summed E-state index contributed by atoms with van der Waals surface area (Å²) in [4.78, 5) is 11.0. The topological polar surface area (TPSA) is 54.0 Å². The van der Waals surface area contributed by atoms with Gasteiger partial charge in [-0.3, -0.25) is 4.79 Å². The molecule has 1 aliphatic heterocycles. The third kappa shape index (κ3) is 2.18. The van der Waals surface area contributed by atoms with Crippen LogP contribution in [0.15, 0.2) is 0 Å². The van der Waals surface area contributed by atoms with E-state index in [2.05, 4.69) is 0 Å². The molecule has 0 radical (unpaired) electrons. The van der Waals surface area contributed by atoms with E-state index in [9.17, 15) is 4.79 Å². The molecule has 0 aromatic heterocycles. The summed E-state index contributed by atoms with van der Waals surface area (Å²) in [7, 11) is 4.52. The molecule has 5 nitrogen and oxygen atoms in total. The first-order chi connectivity index (χ1) is 6.22. The van der Waals surface area contributed by atoms with E-state index < -0.39 is 6.29 Å². The first-order valence-corrected chi connectivity index (χ1v) is 4.00. The van der Waals surface area contributed by atoms with Crippen LogP contribution in [-0.2, 0) is 23.7 Å². The molecule has 0 aromatic carbocycles. The zero-order valence-electron chi connectivity index (χ0n) is 7.98. The van der Waals surface area contributed by atoms with Crippen molar-refractivity contribution < 1.29 is 23.7 Å². The lowest BCUT2D eigenvalue weighted by Gasteiger charge is -2.34. The Balaban J connectivity index is 2.67. The highest BCUT2D eigenvalue weighted by Gasteiger charge is 2.39. The molecule has 0 saturated carbocycles. The maximum Gasteiger partial charge on any atom is 0.310 e. The molecule has 1 rings (SSSR count). The Bertz CT molecular complexity index is 165. The van der Waals surface area contributed by atoms with Crippen LogP contribution in [0.2, 0.25) is 0 Å². The Kier molecular flexibility index (Phi) is 3.65. The molecule has 5 heteroatoms. The molecule has 0 spiro atoms. The van der Waals surface area contributed by atoms with E-state index in [1.54, 1.807) is 0 Å². The smallest absolute Gasteiger partial charge is 0.310 e. The Hall–Kier alpha value is -0.650. The minimum atomic E-state index is -0.670. The lowest BCUT2D eigenvalue weighted by atomic mass is 10.1. The number of hydrogen-bond donors (Lipinski definition) is 0. The highest BCUT2D eigenvalue weighted by atomic mass is 16.7. The zero-order valence-corrected chi connectivity index (χ0v) is 7.98. The lowest BCUT2D eigenvalue weighted by molar-refractivity contribution is -0.237. The first-order valence-electron chi connectivity index (χ1n) is 4.00. The van der Waals surface area contributed by atoms with Gasteiger partial charge in [0.15, 0.2) is 0 Å². The van der Waals surface area contributed by atoms with E-state index in [4.69, 9.17) is 18.9 Å². The van der Waals surface area contributed by atoms with Crippen molar-refractivity contribution in [1.82, 2.24) is 0 Å².